The maximum Gasteiger partial charge on any atom is 0.127 e. The van der Waals surface area contributed by atoms with E-state index in [1.54, 1.807) is 12.1 Å². The summed E-state index contributed by atoms with van der Waals surface area (Å²) in [5.74, 6) is 1.52. The van der Waals surface area contributed by atoms with E-state index in [9.17, 15) is 0 Å². The van der Waals surface area contributed by atoms with Crippen LogP contribution in [0.25, 0.3) is 0 Å². The molecule has 0 heterocycles. The zero-order valence-electron chi connectivity index (χ0n) is 8.76. The first-order valence-corrected chi connectivity index (χ1v) is 4.88. The first-order chi connectivity index (χ1) is 7.78. The summed E-state index contributed by atoms with van der Waals surface area (Å²) in [5, 5.41) is 0. The SMILES string of the molecule is C=Nc1ccc(Oc2ccc(N)cc2)cc1. The first-order valence-electron chi connectivity index (χ1n) is 4.88. The molecule has 0 atom stereocenters. The monoisotopic (exact) mass is 212 g/mol. The van der Waals surface area contributed by atoms with Crippen molar-refractivity contribution in [2.45, 2.75) is 0 Å². The van der Waals surface area contributed by atoms with E-state index in [-0.39, 0.29) is 0 Å². The Kier molecular flexibility index (Phi) is 2.87. The van der Waals surface area contributed by atoms with Crippen molar-refractivity contribution in [3.8, 4) is 11.5 Å². The highest BCUT2D eigenvalue weighted by atomic mass is 16.5. The predicted octanol–water partition coefficient (Wildman–Crippen LogP) is 3.39. The van der Waals surface area contributed by atoms with Gasteiger partial charge in [-0.15, -0.1) is 0 Å². The van der Waals surface area contributed by atoms with E-state index in [0.717, 1.165) is 22.9 Å². The van der Waals surface area contributed by atoms with Gasteiger partial charge in [-0.1, -0.05) is 0 Å². The van der Waals surface area contributed by atoms with Crippen LogP contribution < -0.4 is 10.5 Å². The highest BCUT2D eigenvalue weighted by molar-refractivity contribution is 5.48. The highest BCUT2D eigenvalue weighted by Gasteiger charge is 1.96. The number of rotatable bonds is 3. The Hall–Kier alpha value is -2.29. The lowest BCUT2D eigenvalue weighted by Gasteiger charge is -2.05. The standard InChI is InChI=1S/C13H12N2O/c1-15-11-4-8-13(9-5-11)16-12-6-2-10(14)3-7-12/h2-9H,1,14H2. The van der Waals surface area contributed by atoms with E-state index in [2.05, 4.69) is 11.7 Å². The molecular weight excluding hydrogens is 200 g/mol. The maximum atomic E-state index is 5.62. The van der Waals surface area contributed by atoms with Crippen molar-refractivity contribution in [3.63, 3.8) is 0 Å². The third-order valence-corrected chi connectivity index (χ3v) is 2.14. The summed E-state index contributed by atoms with van der Waals surface area (Å²) >= 11 is 0. The van der Waals surface area contributed by atoms with Gasteiger partial charge < -0.3 is 10.5 Å². The number of nitrogen functional groups attached to an aromatic ring is 1. The van der Waals surface area contributed by atoms with Crippen LogP contribution in [0.3, 0.4) is 0 Å². The van der Waals surface area contributed by atoms with Crippen LogP contribution in [0, 0.1) is 0 Å². The van der Waals surface area contributed by atoms with Gasteiger partial charge in [-0.05, 0) is 55.2 Å². The summed E-state index contributed by atoms with van der Waals surface area (Å²) < 4.78 is 5.62. The lowest BCUT2D eigenvalue weighted by molar-refractivity contribution is 0.483. The molecule has 0 bridgehead atoms. The van der Waals surface area contributed by atoms with E-state index in [4.69, 9.17) is 10.5 Å². The van der Waals surface area contributed by atoms with Crippen LogP contribution in [0.2, 0.25) is 0 Å². The Morgan fingerprint density at radius 3 is 1.88 bits per heavy atom. The van der Waals surface area contributed by atoms with Gasteiger partial charge in [0.25, 0.3) is 0 Å². The van der Waals surface area contributed by atoms with Gasteiger partial charge >= 0.3 is 0 Å². The molecule has 80 valence electrons. The molecule has 0 aromatic heterocycles. The van der Waals surface area contributed by atoms with Crippen LogP contribution in [0.1, 0.15) is 0 Å². The Morgan fingerprint density at radius 2 is 1.38 bits per heavy atom. The van der Waals surface area contributed by atoms with Gasteiger partial charge in [-0.3, -0.25) is 4.99 Å². The Bertz CT molecular complexity index is 474. The molecule has 3 nitrogen and oxygen atoms in total. The van der Waals surface area contributed by atoms with Gasteiger partial charge in [-0.2, -0.15) is 0 Å². The Morgan fingerprint density at radius 1 is 0.875 bits per heavy atom. The molecule has 0 unspecified atom stereocenters. The minimum Gasteiger partial charge on any atom is -0.457 e. The molecule has 0 radical (unpaired) electrons. The maximum absolute atomic E-state index is 5.62. The minimum absolute atomic E-state index is 0.721. The van der Waals surface area contributed by atoms with Gasteiger partial charge in [0.15, 0.2) is 0 Å². The van der Waals surface area contributed by atoms with E-state index in [1.165, 1.54) is 0 Å². The van der Waals surface area contributed by atoms with Crippen molar-refractivity contribution >= 4 is 18.1 Å². The van der Waals surface area contributed by atoms with Crippen molar-refractivity contribution in [2.75, 3.05) is 5.73 Å². The molecule has 2 aromatic carbocycles. The molecule has 0 aliphatic carbocycles. The normalized spacial score (nSPS) is 9.75. The van der Waals surface area contributed by atoms with Crippen molar-refractivity contribution in [1.82, 2.24) is 0 Å². The molecule has 0 aliphatic heterocycles. The number of nitrogens with two attached hydrogens (primary N) is 1. The number of nitrogens with zero attached hydrogens (tertiary/aromatic N) is 1. The molecule has 0 spiro atoms. The molecule has 2 N–H and O–H groups in total. The Labute approximate surface area is 94.2 Å². The van der Waals surface area contributed by atoms with Gasteiger partial charge in [0.1, 0.15) is 11.5 Å². The van der Waals surface area contributed by atoms with Gasteiger partial charge in [0.05, 0.1) is 5.69 Å². The molecule has 0 saturated carbocycles. The molecule has 0 aliphatic rings. The molecule has 2 rings (SSSR count). The van der Waals surface area contributed by atoms with Crippen molar-refractivity contribution in [2.24, 2.45) is 4.99 Å². The fraction of sp³-hybridized carbons (Fsp3) is 0. The topological polar surface area (TPSA) is 47.6 Å². The van der Waals surface area contributed by atoms with Crippen molar-refractivity contribution in [3.05, 3.63) is 48.5 Å². The molecular formula is C13H12N2O. The smallest absolute Gasteiger partial charge is 0.127 e. The number of anilines is 1. The number of hydrogen-bond acceptors (Lipinski definition) is 3. The number of hydrogen-bond donors (Lipinski definition) is 1. The largest absolute Gasteiger partial charge is 0.457 e. The van der Waals surface area contributed by atoms with Crippen LogP contribution in [0.5, 0.6) is 11.5 Å². The second-order valence-corrected chi connectivity index (χ2v) is 3.32. The molecule has 3 heteroatoms. The zero-order chi connectivity index (χ0) is 11.4. The molecule has 0 amide bonds. The summed E-state index contributed by atoms with van der Waals surface area (Å²) in [5.41, 5.74) is 7.13. The lowest BCUT2D eigenvalue weighted by Crippen LogP contribution is -1.86. The lowest BCUT2D eigenvalue weighted by atomic mass is 10.3. The minimum atomic E-state index is 0.721. The average molecular weight is 212 g/mol. The first kappa shape index (κ1) is 10.2. The number of aliphatic imine (C=N–C) groups is 1. The predicted molar refractivity (Wildman–Crippen MR) is 66.6 cm³/mol. The fourth-order valence-corrected chi connectivity index (χ4v) is 1.29. The fourth-order valence-electron chi connectivity index (χ4n) is 1.29. The second-order valence-electron chi connectivity index (χ2n) is 3.32. The summed E-state index contributed by atoms with van der Waals surface area (Å²) in [6, 6.07) is 14.6. The van der Waals surface area contributed by atoms with Crippen LogP contribution >= 0.6 is 0 Å². The third-order valence-electron chi connectivity index (χ3n) is 2.14. The Balaban J connectivity index is 2.14. The van der Waals surface area contributed by atoms with Crippen LogP contribution in [-0.2, 0) is 0 Å². The zero-order valence-corrected chi connectivity index (χ0v) is 8.76. The summed E-state index contributed by atoms with van der Waals surface area (Å²) in [4.78, 5) is 3.81. The van der Waals surface area contributed by atoms with Crippen molar-refractivity contribution in [1.29, 1.82) is 0 Å². The van der Waals surface area contributed by atoms with Crippen molar-refractivity contribution < 1.29 is 4.74 Å². The van der Waals surface area contributed by atoms with Crippen LogP contribution in [0.15, 0.2) is 53.5 Å². The highest BCUT2D eigenvalue weighted by Crippen LogP contribution is 2.24. The summed E-state index contributed by atoms with van der Waals surface area (Å²) in [6.45, 7) is 3.45. The summed E-state index contributed by atoms with van der Waals surface area (Å²) in [6.07, 6.45) is 0. The van der Waals surface area contributed by atoms with Gasteiger partial charge in [-0.25, -0.2) is 0 Å². The number of benzene rings is 2. The van der Waals surface area contributed by atoms with Crippen LogP contribution in [0.4, 0.5) is 11.4 Å². The molecule has 16 heavy (non-hydrogen) atoms. The van der Waals surface area contributed by atoms with Gasteiger partial charge in [0.2, 0.25) is 0 Å². The van der Waals surface area contributed by atoms with Crippen LogP contribution in [-0.4, -0.2) is 6.72 Å². The van der Waals surface area contributed by atoms with Gasteiger partial charge in [0, 0.05) is 5.69 Å². The quantitative estimate of drug-likeness (QED) is 0.626. The molecule has 0 saturated heterocycles. The number of ether oxygens (including phenoxy) is 1. The second kappa shape index (κ2) is 4.49. The van der Waals surface area contributed by atoms with E-state index >= 15 is 0 Å². The molecule has 0 fully saturated rings. The van der Waals surface area contributed by atoms with E-state index in [1.807, 2.05) is 36.4 Å². The van der Waals surface area contributed by atoms with E-state index < -0.39 is 0 Å². The molecule has 2 aromatic rings. The average Bonchev–Trinajstić information content (AvgIpc) is 2.33. The van der Waals surface area contributed by atoms with E-state index in [0.29, 0.717) is 0 Å². The third kappa shape index (κ3) is 2.39. The summed E-state index contributed by atoms with van der Waals surface area (Å²) in [7, 11) is 0.